The van der Waals surface area contributed by atoms with Crippen molar-refractivity contribution in [1.82, 2.24) is 14.5 Å². The molecule has 44 heavy (non-hydrogen) atoms. The van der Waals surface area contributed by atoms with Crippen LogP contribution in [0.2, 0.25) is 0 Å². The van der Waals surface area contributed by atoms with E-state index in [1.54, 1.807) is 0 Å². The zero-order valence-corrected chi connectivity index (χ0v) is 24.6. The number of nitrogens with zero attached hydrogens (tertiary/aromatic N) is 3. The number of hydrogen-bond acceptors (Lipinski definition) is 2. The van der Waals surface area contributed by atoms with Crippen LogP contribution in [0.1, 0.15) is 36.7 Å². The van der Waals surface area contributed by atoms with E-state index in [9.17, 15) is 0 Å². The Morgan fingerprint density at radius 1 is 0.659 bits per heavy atom. The molecule has 3 unspecified atom stereocenters. The van der Waals surface area contributed by atoms with Gasteiger partial charge in [-0.2, -0.15) is 0 Å². The highest BCUT2D eigenvalue weighted by Crippen LogP contribution is 2.43. The Labute approximate surface area is 256 Å². The maximum absolute atomic E-state index is 5.38. The molecule has 0 fully saturated rings. The van der Waals surface area contributed by atoms with E-state index in [-0.39, 0.29) is 17.9 Å². The lowest BCUT2D eigenvalue weighted by Crippen LogP contribution is -2.18. The predicted molar refractivity (Wildman–Crippen MR) is 185 cm³/mol. The summed E-state index contributed by atoms with van der Waals surface area (Å²) in [6.45, 7) is 2.34. The zero-order valence-electron chi connectivity index (χ0n) is 24.6. The van der Waals surface area contributed by atoms with Crippen molar-refractivity contribution < 1.29 is 0 Å². The summed E-state index contributed by atoms with van der Waals surface area (Å²) in [4.78, 5) is 10.6. The Balaban J connectivity index is 1.25. The summed E-state index contributed by atoms with van der Waals surface area (Å²) < 4.78 is 2.47. The van der Waals surface area contributed by atoms with Gasteiger partial charge in [0.05, 0.1) is 28.1 Å². The van der Waals surface area contributed by atoms with E-state index in [1.807, 2.05) is 0 Å². The average Bonchev–Trinajstić information content (AvgIpc) is 3.47. The number of fused-ring (bicyclic) bond motifs is 7. The van der Waals surface area contributed by atoms with Gasteiger partial charge in [-0.15, -0.1) is 0 Å². The molecule has 0 saturated heterocycles. The van der Waals surface area contributed by atoms with Crippen molar-refractivity contribution in [3.05, 3.63) is 151 Å². The van der Waals surface area contributed by atoms with E-state index >= 15 is 0 Å². The molecule has 3 nitrogen and oxygen atoms in total. The van der Waals surface area contributed by atoms with Gasteiger partial charge >= 0.3 is 0 Å². The van der Waals surface area contributed by atoms with Crippen molar-refractivity contribution in [2.45, 2.75) is 25.3 Å². The molecule has 0 N–H and O–H groups in total. The Morgan fingerprint density at radius 2 is 1.34 bits per heavy atom. The highest BCUT2D eigenvalue weighted by atomic mass is 15.1. The Kier molecular flexibility index (Phi) is 5.67. The summed E-state index contributed by atoms with van der Waals surface area (Å²) in [5, 5.41) is 7.19. The standard InChI is InChI=1S/C41H31N3/c1-26-25-29(21-22-31(26)41-42-36-17-9-10-18-37(36)44(41)30-13-3-2-4-14-30)38-34-23-19-27-11-5-7-15-32(27)39(34)43-40-33-16-8-6-12-28(33)20-24-35(38)40/h2-13,15-26,30-31H,14H2,1H3. The minimum atomic E-state index is 0.173. The third-order valence-electron chi connectivity index (χ3n) is 9.56. The van der Waals surface area contributed by atoms with Crippen LogP contribution in [0.5, 0.6) is 0 Å². The third kappa shape index (κ3) is 3.82. The van der Waals surface area contributed by atoms with Gasteiger partial charge in [-0.1, -0.05) is 134 Å². The molecule has 7 aromatic rings. The van der Waals surface area contributed by atoms with Crippen LogP contribution in [0, 0.1) is 5.92 Å². The van der Waals surface area contributed by atoms with Gasteiger partial charge < -0.3 is 4.57 Å². The summed E-state index contributed by atoms with van der Waals surface area (Å²) in [7, 11) is 0. The lowest BCUT2D eigenvalue weighted by Gasteiger charge is -2.27. The molecule has 3 heteroatoms. The molecule has 2 aromatic heterocycles. The number of hydrogen-bond donors (Lipinski definition) is 0. The number of benzene rings is 5. The maximum atomic E-state index is 5.38. The van der Waals surface area contributed by atoms with Crippen LogP contribution in [0.4, 0.5) is 0 Å². The lowest BCUT2D eigenvalue weighted by atomic mass is 9.82. The molecular weight excluding hydrogens is 534 g/mol. The molecule has 5 aromatic carbocycles. The van der Waals surface area contributed by atoms with E-state index < -0.39 is 0 Å². The molecule has 2 heterocycles. The second kappa shape index (κ2) is 9.89. The number of pyridine rings is 1. The molecule has 2 aliphatic carbocycles. The average molecular weight is 566 g/mol. The number of aromatic nitrogens is 3. The van der Waals surface area contributed by atoms with Crippen molar-refractivity contribution in [2.24, 2.45) is 5.92 Å². The molecule has 0 radical (unpaired) electrons. The van der Waals surface area contributed by atoms with Crippen molar-refractivity contribution in [3.63, 3.8) is 0 Å². The minimum absolute atomic E-state index is 0.173. The summed E-state index contributed by atoms with van der Waals surface area (Å²) >= 11 is 0. The first-order valence-electron chi connectivity index (χ1n) is 15.6. The SMILES string of the molecule is CC1C=C(c2c3ccc4ccccc4c3nc3c2ccc2ccccc23)C=CC1c1nc2ccccc2n1C1C=CC=CC1. The highest BCUT2D eigenvalue weighted by molar-refractivity contribution is 6.19. The van der Waals surface area contributed by atoms with Crippen LogP contribution in [-0.2, 0) is 0 Å². The molecule has 3 atom stereocenters. The molecule has 0 aliphatic heterocycles. The predicted octanol–water partition coefficient (Wildman–Crippen LogP) is 10.5. The summed E-state index contributed by atoms with van der Waals surface area (Å²) in [6.07, 6.45) is 17.0. The smallest absolute Gasteiger partial charge is 0.117 e. The van der Waals surface area contributed by atoms with Crippen LogP contribution >= 0.6 is 0 Å². The van der Waals surface area contributed by atoms with Crippen LogP contribution in [0.25, 0.3) is 60.0 Å². The molecule has 9 rings (SSSR count). The van der Waals surface area contributed by atoms with Crippen molar-refractivity contribution in [2.75, 3.05) is 0 Å². The Morgan fingerprint density at radius 3 is 2.02 bits per heavy atom. The van der Waals surface area contributed by atoms with E-state index in [2.05, 4.69) is 151 Å². The topological polar surface area (TPSA) is 30.7 Å². The van der Waals surface area contributed by atoms with Crippen LogP contribution in [0.15, 0.2) is 140 Å². The number of para-hydroxylation sites is 2. The molecule has 0 amide bonds. The van der Waals surface area contributed by atoms with Gasteiger partial charge in [0.1, 0.15) is 5.82 Å². The lowest BCUT2D eigenvalue weighted by molar-refractivity contribution is 0.528. The van der Waals surface area contributed by atoms with E-state index in [1.165, 1.54) is 49.0 Å². The highest BCUT2D eigenvalue weighted by Gasteiger charge is 2.28. The fraction of sp³-hybridized carbons (Fsp3) is 0.122. The molecule has 0 spiro atoms. The fourth-order valence-corrected chi connectivity index (χ4v) is 7.44. The van der Waals surface area contributed by atoms with Gasteiger partial charge in [0, 0.05) is 33.0 Å². The summed E-state index contributed by atoms with van der Waals surface area (Å²) in [6, 6.07) is 35.0. The minimum Gasteiger partial charge on any atom is -0.320 e. The molecule has 210 valence electrons. The number of rotatable bonds is 3. The van der Waals surface area contributed by atoms with Gasteiger partial charge in [0.15, 0.2) is 0 Å². The van der Waals surface area contributed by atoms with Crippen LogP contribution in [0.3, 0.4) is 0 Å². The van der Waals surface area contributed by atoms with Gasteiger partial charge in [0.25, 0.3) is 0 Å². The fourth-order valence-electron chi connectivity index (χ4n) is 7.44. The van der Waals surface area contributed by atoms with Gasteiger partial charge in [0.2, 0.25) is 0 Å². The van der Waals surface area contributed by atoms with E-state index in [4.69, 9.17) is 9.97 Å². The Hall–Kier alpha value is -5.28. The van der Waals surface area contributed by atoms with Gasteiger partial charge in [-0.05, 0) is 40.8 Å². The Bertz CT molecular complexity index is 2310. The third-order valence-corrected chi connectivity index (χ3v) is 9.56. The summed E-state index contributed by atoms with van der Waals surface area (Å²) in [5.74, 6) is 1.57. The number of allylic oxidation sites excluding steroid dienone is 8. The maximum Gasteiger partial charge on any atom is 0.117 e. The van der Waals surface area contributed by atoms with Crippen LogP contribution in [-0.4, -0.2) is 14.5 Å². The second-order valence-corrected chi connectivity index (χ2v) is 12.2. The van der Waals surface area contributed by atoms with Crippen molar-refractivity contribution in [1.29, 1.82) is 0 Å². The second-order valence-electron chi connectivity index (χ2n) is 12.2. The van der Waals surface area contributed by atoms with Gasteiger partial charge in [-0.25, -0.2) is 9.97 Å². The van der Waals surface area contributed by atoms with E-state index in [0.717, 1.165) is 28.8 Å². The zero-order chi connectivity index (χ0) is 29.2. The van der Waals surface area contributed by atoms with Gasteiger partial charge in [-0.3, -0.25) is 0 Å². The van der Waals surface area contributed by atoms with Crippen molar-refractivity contribution in [3.8, 4) is 0 Å². The number of imidazole rings is 1. The van der Waals surface area contributed by atoms with Crippen molar-refractivity contribution >= 4 is 60.0 Å². The first-order valence-corrected chi connectivity index (χ1v) is 15.6. The normalized spacial score (nSPS) is 19.9. The summed E-state index contributed by atoms with van der Waals surface area (Å²) in [5.41, 5.74) is 6.89. The molecular formula is C41H31N3. The van der Waals surface area contributed by atoms with Crippen LogP contribution < -0.4 is 0 Å². The largest absolute Gasteiger partial charge is 0.320 e. The first kappa shape index (κ1) is 25.2. The monoisotopic (exact) mass is 565 g/mol. The quantitative estimate of drug-likeness (QED) is 0.158. The van der Waals surface area contributed by atoms with E-state index in [0.29, 0.717) is 0 Å². The molecule has 0 bridgehead atoms. The molecule has 0 saturated carbocycles. The molecule has 2 aliphatic rings. The first-order chi connectivity index (χ1) is 21.7.